The number of thiophene rings is 1. The van der Waals surface area contributed by atoms with E-state index in [9.17, 15) is 8.42 Å². The molecule has 0 saturated carbocycles. The predicted octanol–water partition coefficient (Wildman–Crippen LogP) is 4.03. The van der Waals surface area contributed by atoms with Crippen molar-refractivity contribution in [2.45, 2.75) is 37.1 Å². The molecule has 0 bridgehead atoms. The van der Waals surface area contributed by atoms with Crippen molar-refractivity contribution in [1.82, 2.24) is 0 Å². The van der Waals surface area contributed by atoms with Crippen molar-refractivity contribution in [3.8, 4) is 0 Å². The van der Waals surface area contributed by atoms with Crippen molar-refractivity contribution in [1.29, 1.82) is 0 Å². The lowest BCUT2D eigenvalue weighted by atomic mass is 9.94. The number of hydrogen-bond acceptors (Lipinski definition) is 4. The first-order valence-electron chi connectivity index (χ1n) is 7.26. The summed E-state index contributed by atoms with van der Waals surface area (Å²) in [6.45, 7) is 1.67. The fourth-order valence-corrected chi connectivity index (χ4v) is 4.63. The minimum atomic E-state index is -3.11. The van der Waals surface area contributed by atoms with Gasteiger partial charge in [0, 0.05) is 10.6 Å². The van der Waals surface area contributed by atoms with Gasteiger partial charge in [-0.25, -0.2) is 8.42 Å². The Kier molecular flexibility index (Phi) is 4.04. The maximum atomic E-state index is 11.8. The molecule has 1 unspecified atom stereocenters. The zero-order chi connectivity index (χ0) is 14.9. The molecule has 5 heteroatoms. The zero-order valence-electron chi connectivity index (χ0n) is 12.0. The van der Waals surface area contributed by atoms with Gasteiger partial charge in [-0.15, -0.1) is 11.3 Å². The molecule has 1 aromatic heterocycles. The number of anilines is 1. The van der Waals surface area contributed by atoms with Crippen molar-refractivity contribution in [2.75, 3.05) is 11.1 Å². The van der Waals surface area contributed by atoms with Crippen LogP contribution in [0.5, 0.6) is 0 Å². The number of fused-ring (bicyclic) bond motifs is 1. The molecule has 1 aliphatic rings. The molecule has 0 fully saturated rings. The van der Waals surface area contributed by atoms with E-state index in [1.807, 2.05) is 23.5 Å². The molecule has 112 valence electrons. The van der Waals surface area contributed by atoms with Crippen molar-refractivity contribution in [2.24, 2.45) is 0 Å². The smallest absolute Gasteiger partial charge is 0.178 e. The average molecular weight is 321 g/mol. The molecule has 21 heavy (non-hydrogen) atoms. The van der Waals surface area contributed by atoms with Gasteiger partial charge in [0.05, 0.1) is 16.7 Å². The fourth-order valence-electron chi connectivity index (χ4n) is 2.76. The van der Waals surface area contributed by atoms with Gasteiger partial charge in [0.2, 0.25) is 0 Å². The number of sulfone groups is 1. The molecule has 0 amide bonds. The minimum Gasteiger partial charge on any atom is -0.378 e. The molecule has 0 saturated heterocycles. The second-order valence-corrected chi connectivity index (χ2v) is 8.59. The van der Waals surface area contributed by atoms with Crippen LogP contribution in [0.2, 0.25) is 0 Å². The first-order valence-corrected chi connectivity index (χ1v) is 9.79. The van der Waals surface area contributed by atoms with E-state index in [1.165, 1.54) is 23.3 Å². The van der Waals surface area contributed by atoms with Gasteiger partial charge in [-0.2, -0.15) is 0 Å². The van der Waals surface area contributed by atoms with E-state index in [0.717, 1.165) is 12.1 Å². The first kappa shape index (κ1) is 14.6. The van der Waals surface area contributed by atoms with Crippen LogP contribution in [-0.4, -0.2) is 14.2 Å². The van der Waals surface area contributed by atoms with E-state index in [-0.39, 0.29) is 5.75 Å². The van der Waals surface area contributed by atoms with Crippen LogP contribution in [0.25, 0.3) is 0 Å². The Hall–Kier alpha value is -1.33. The number of hydrogen-bond donors (Lipinski definition) is 1. The zero-order valence-corrected chi connectivity index (χ0v) is 13.6. The van der Waals surface area contributed by atoms with Crippen molar-refractivity contribution >= 4 is 26.9 Å². The molecular formula is C16H19NO2S2. The summed E-state index contributed by atoms with van der Waals surface area (Å²) < 4.78 is 23.6. The molecule has 3 nitrogen and oxygen atoms in total. The molecule has 1 aliphatic carbocycles. The summed E-state index contributed by atoms with van der Waals surface area (Å²) in [5.41, 5.74) is 2.38. The Morgan fingerprint density at radius 2 is 2.00 bits per heavy atom. The molecule has 2 aromatic rings. The molecule has 1 aromatic carbocycles. The van der Waals surface area contributed by atoms with Gasteiger partial charge in [-0.05, 0) is 60.5 Å². The molecule has 0 radical (unpaired) electrons. The summed E-state index contributed by atoms with van der Waals surface area (Å²) in [5.74, 6) is 0.140. The lowest BCUT2D eigenvalue weighted by Gasteiger charge is -2.24. The lowest BCUT2D eigenvalue weighted by Crippen LogP contribution is -2.15. The van der Waals surface area contributed by atoms with E-state index in [2.05, 4.69) is 16.8 Å². The van der Waals surface area contributed by atoms with Gasteiger partial charge in [-0.1, -0.05) is 6.92 Å². The monoisotopic (exact) mass is 321 g/mol. The van der Waals surface area contributed by atoms with Gasteiger partial charge < -0.3 is 5.32 Å². The summed E-state index contributed by atoms with van der Waals surface area (Å²) in [7, 11) is -3.11. The Bertz CT molecular complexity index is 717. The lowest BCUT2D eigenvalue weighted by molar-refractivity contribution is 0.597. The standard InChI is InChI=1S/C16H19NO2S2/c1-2-21(18,19)13-8-6-12(7-9-13)17-15-4-3-5-16-14(15)10-11-20-16/h6-11,15,17H,2-5H2,1H3. The number of benzene rings is 1. The average Bonchev–Trinajstić information content (AvgIpc) is 2.97. The van der Waals surface area contributed by atoms with Gasteiger partial charge in [0.25, 0.3) is 0 Å². The van der Waals surface area contributed by atoms with Gasteiger partial charge in [-0.3, -0.25) is 0 Å². The Labute approximate surface area is 129 Å². The second-order valence-electron chi connectivity index (χ2n) is 5.32. The largest absolute Gasteiger partial charge is 0.378 e. The highest BCUT2D eigenvalue weighted by Gasteiger charge is 2.21. The number of rotatable bonds is 4. The maximum absolute atomic E-state index is 11.8. The third-order valence-corrected chi connectivity index (χ3v) is 6.73. The van der Waals surface area contributed by atoms with E-state index in [1.54, 1.807) is 19.1 Å². The Morgan fingerprint density at radius 3 is 2.71 bits per heavy atom. The predicted molar refractivity (Wildman–Crippen MR) is 87.8 cm³/mol. The highest BCUT2D eigenvalue weighted by molar-refractivity contribution is 7.91. The van der Waals surface area contributed by atoms with Crippen molar-refractivity contribution < 1.29 is 8.42 Å². The first-order chi connectivity index (χ1) is 10.1. The fraction of sp³-hybridized carbons (Fsp3) is 0.375. The van der Waals surface area contributed by atoms with E-state index in [0.29, 0.717) is 10.9 Å². The summed E-state index contributed by atoms with van der Waals surface area (Å²) in [4.78, 5) is 1.87. The quantitative estimate of drug-likeness (QED) is 0.924. The maximum Gasteiger partial charge on any atom is 0.178 e. The highest BCUT2D eigenvalue weighted by Crippen LogP contribution is 2.35. The van der Waals surface area contributed by atoms with Crippen LogP contribution in [0.15, 0.2) is 40.6 Å². The Morgan fingerprint density at radius 1 is 1.24 bits per heavy atom. The molecule has 1 heterocycles. The number of nitrogens with one attached hydrogen (secondary N) is 1. The topological polar surface area (TPSA) is 46.2 Å². The van der Waals surface area contributed by atoms with Crippen molar-refractivity contribution in [3.63, 3.8) is 0 Å². The third kappa shape index (κ3) is 2.99. The van der Waals surface area contributed by atoms with Crippen molar-refractivity contribution in [3.05, 3.63) is 46.2 Å². The van der Waals surface area contributed by atoms with Crippen LogP contribution in [0.4, 0.5) is 5.69 Å². The normalized spacial score (nSPS) is 18.2. The van der Waals surface area contributed by atoms with Gasteiger partial charge in [0.15, 0.2) is 9.84 Å². The molecular weight excluding hydrogens is 302 g/mol. The van der Waals surface area contributed by atoms with Crippen LogP contribution in [0, 0.1) is 0 Å². The molecule has 0 aliphatic heterocycles. The third-order valence-electron chi connectivity index (χ3n) is 3.99. The van der Waals surface area contributed by atoms with E-state index in [4.69, 9.17) is 0 Å². The molecule has 3 rings (SSSR count). The summed E-state index contributed by atoms with van der Waals surface area (Å²) >= 11 is 1.83. The highest BCUT2D eigenvalue weighted by atomic mass is 32.2. The van der Waals surface area contributed by atoms with Crippen LogP contribution in [0.1, 0.15) is 36.2 Å². The summed E-state index contributed by atoms with van der Waals surface area (Å²) in [5, 5.41) is 5.69. The number of aryl methyl sites for hydroxylation is 1. The molecule has 0 spiro atoms. The molecule has 1 N–H and O–H groups in total. The van der Waals surface area contributed by atoms with Gasteiger partial charge in [0.1, 0.15) is 0 Å². The van der Waals surface area contributed by atoms with Crippen LogP contribution < -0.4 is 5.32 Å². The second kappa shape index (κ2) is 5.81. The molecule has 1 atom stereocenters. The van der Waals surface area contributed by atoms with E-state index < -0.39 is 9.84 Å². The summed E-state index contributed by atoms with van der Waals surface area (Å²) in [6.07, 6.45) is 3.51. The van der Waals surface area contributed by atoms with Gasteiger partial charge >= 0.3 is 0 Å². The Balaban J connectivity index is 1.78. The van der Waals surface area contributed by atoms with E-state index >= 15 is 0 Å². The van der Waals surface area contributed by atoms with Crippen LogP contribution >= 0.6 is 11.3 Å². The SMILES string of the molecule is CCS(=O)(=O)c1ccc(NC2CCCc3sccc32)cc1. The van der Waals surface area contributed by atoms with Crippen LogP contribution in [0.3, 0.4) is 0 Å². The van der Waals surface area contributed by atoms with Crippen LogP contribution in [-0.2, 0) is 16.3 Å². The summed E-state index contributed by atoms with van der Waals surface area (Å²) in [6, 6.07) is 9.66. The minimum absolute atomic E-state index is 0.140.